The molecule has 0 amide bonds. The summed E-state index contributed by atoms with van der Waals surface area (Å²) in [6, 6.07) is 14.0. The SMILES string of the molecule is CCOC(=O)CSCCC[Si]1(C)C2=CC(=[N+](C)C)C=CC2=C(c2c(OC)cccc2OC)c2ccc(N(C)C)cc21. The van der Waals surface area contributed by atoms with E-state index < -0.39 is 8.07 Å². The topological polar surface area (TPSA) is 51.0 Å². The zero-order valence-electron chi connectivity index (χ0n) is 25.7. The van der Waals surface area contributed by atoms with E-state index in [0.717, 1.165) is 40.9 Å². The van der Waals surface area contributed by atoms with Crippen LogP contribution in [0.15, 0.2) is 65.4 Å². The van der Waals surface area contributed by atoms with Gasteiger partial charge in [0.05, 0.1) is 32.1 Å². The third-order valence-corrected chi connectivity index (χ3v) is 13.5. The fourth-order valence-corrected chi connectivity index (χ4v) is 11.0. The molecule has 1 heterocycles. The summed E-state index contributed by atoms with van der Waals surface area (Å²) in [5.41, 5.74) is 7.02. The van der Waals surface area contributed by atoms with Gasteiger partial charge in [0.1, 0.15) is 33.7 Å². The Morgan fingerprint density at radius 1 is 1.05 bits per heavy atom. The van der Waals surface area contributed by atoms with Gasteiger partial charge in [0.25, 0.3) is 0 Å². The first kappa shape index (κ1) is 30.7. The second-order valence-electron chi connectivity index (χ2n) is 11.0. The van der Waals surface area contributed by atoms with Crippen molar-refractivity contribution in [3.05, 3.63) is 76.5 Å². The first-order valence-electron chi connectivity index (χ1n) is 14.1. The number of benzene rings is 2. The molecule has 6 nitrogen and oxygen atoms in total. The van der Waals surface area contributed by atoms with Crippen molar-refractivity contribution >= 4 is 48.0 Å². The Balaban J connectivity index is 1.92. The maximum atomic E-state index is 11.9. The van der Waals surface area contributed by atoms with Crippen LogP contribution in [0.5, 0.6) is 11.5 Å². The molecule has 1 atom stereocenters. The fraction of sp³-hybridized carbons (Fsp3) is 0.394. The Labute approximate surface area is 250 Å². The Hall–Kier alpha value is -3.23. The highest BCUT2D eigenvalue weighted by Crippen LogP contribution is 2.48. The lowest BCUT2D eigenvalue weighted by atomic mass is 9.88. The lowest BCUT2D eigenvalue weighted by molar-refractivity contribution is -0.462. The quantitative estimate of drug-likeness (QED) is 0.153. The molecule has 0 radical (unpaired) electrons. The van der Waals surface area contributed by atoms with Gasteiger partial charge >= 0.3 is 5.97 Å². The Kier molecular flexibility index (Phi) is 9.87. The number of carbonyl (C=O) groups is 1. The smallest absolute Gasteiger partial charge is 0.315 e. The predicted octanol–water partition coefficient (Wildman–Crippen LogP) is 5.31. The van der Waals surface area contributed by atoms with Crippen molar-refractivity contribution in [2.75, 3.05) is 65.4 Å². The molecule has 2 aliphatic rings. The largest absolute Gasteiger partial charge is 0.496 e. The number of ether oxygens (including phenoxy) is 3. The van der Waals surface area contributed by atoms with Crippen LogP contribution in [0, 0.1) is 0 Å². The van der Waals surface area contributed by atoms with Crippen LogP contribution in [0.4, 0.5) is 5.69 Å². The number of thioether (sulfide) groups is 1. The average Bonchev–Trinajstić information content (AvgIpc) is 2.96. The lowest BCUT2D eigenvalue weighted by Crippen LogP contribution is -2.52. The van der Waals surface area contributed by atoms with Crippen molar-refractivity contribution in [3.63, 3.8) is 0 Å². The monoisotopic (exact) mass is 591 g/mol. The molecule has 0 fully saturated rings. The Morgan fingerprint density at radius 3 is 2.37 bits per heavy atom. The maximum Gasteiger partial charge on any atom is 0.315 e. The van der Waals surface area contributed by atoms with E-state index in [0.29, 0.717) is 12.4 Å². The van der Waals surface area contributed by atoms with Crippen LogP contribution >= 0.6 is 11.8 Å². The summed E-state index contributed by atoms with van der Waals surface area (Å²) in [5.74, 6) is 2.78. The highest BCUT2D eigenvalue weighted by Gasteiger charge is 2.44. The third-order valence-electron chi connectivity index (χ3n) is 7.94. The highest BCUT2D eigenvalue weighted by atomic mass is 32.2. The zero-order chi connectivity index (χ0) is 29.7. The number of fused-ring (bicyclic) bond motifs is 2. The summed E-state index contributed by atoms with van der Waals surface area (Å²) in [7, 11) is 9.60. The first-order chi connectivity index (χ1) is 19.7. The molecule has 2 aromatic rings. The molecule has 0 saturated heterocycles. The summed E-state index contributed by atoms with van der Waals surface area (Å²) < 4.78 is 19.2. The van der Waals surface area contributed by atoms with Crippen LogP contribution in [0.2, 0.25) is 12.6 Å². The lowest BCUT2D eigenvalue weighted by Gasteiger charge is -2.41. The number of carbonyl (C=O) groups excluding carboxylic acids is 1. The summed E-state index contributed by atoms with van der Waals surface area (Å²) in [5, 5.41) is 2.84. The van der Waals surface area contributed by atoms with E-state index in [1.54, 1.807) is 26.0 Å². The van der Waals surface area contributed by atoms with Gasteiger partial charge in [0.15, 0.2) is 5.71 Å². The van der Waals surface area contributed by atoms with Crippen LogP contribution in [-0.2, 0) is 9.53 Å². The predicted molar refractivity (Wildman–Crippen MR) is 175 cm³/mol. The van der Waals surface area contributed by atoms with E-state index in [-0.39, 0.29) is 5.97 Å². The van der Waals surface area contributed by atoms with Crippen LogP contribution < -0.4 is 19.6 Å². The van der Waals surface area contributed by atoms with Crippen molar-refractivity contribution in [1.82, 2.24) is 0 Å². The molecule has 218 valence electrons. The molecule has 2 aromatic carbocycles. The van der Waals surface area contributed by atoms with Crippen molar-refractivity contribution < 1.29 is 23.6 Å². The summed E-state index contributed by atoms with van der Waals surface area (Å²) in [6.07, 6.45) is 7.93. The van der Waals surface area contributed by atoms with Gasteiger partial charge in [-0.3, -0.25) is 4.79 Å². The normalized spacial score (nSPS) is 17.5. The number of methoxy groups -OCH3 is 2. The standard InChI is InChI=1S/C33H43N2O4SSi/c1-9-39-31(36)22-40-18-11-19-41(8)29-20-23(34(2)3)14-16-25(29)32(26-17-15-24(35(4)5)21-30(26)41)33-27(37-6)12-10-13-28(33)38-7/h10,12-17,20-21H,9,11,18-19,22H2,1-8H3/q+1. The molecule has 1 aliphatic heterocycles. The van der Waals surface area contributed by atoms with Gasteiger partial charge in [0, 0.05) is 37.5 Å². The number of hydrogen-bond donors (Lipinski definition) is 0. The number of rotatable bonds is 11. The van der Waals surface area contributed by atoms with Crippen molar-refractivity contribution in [2.45, 2.75) is 25.9 Å². The fourth-order valence-electron chi connectivity index (χ4n) is 5.78. The molecule has 1 aliphatic carbocycles. The van der Waals surface area contributed by atoms with Gasteiger partial charge in [0.2, 0.25) is 0 Å². The summed E-state index contributed by atoms with van der Waals surface area (Å²) >= 11 is 1.67. The number of esters is 1. The third kappa shape index (κ3) is 6.18. The van der Waals surface area contributed by atoms with Crippen LogP contribution in [0.1, 0.15) is 24.5 Å². The molecule has 0 spiro atoms. The van der Waals surface area contributed by atoms with Crippen molar-refractivity contribution in [2.24, 2.45) is 0 Å². The van der Waals surface area contributed by atoms with Gasteiger partial charge in [-0.1, -0.05) is 18.7 Å². The molecule has 4 rings (SSSR count). The molecule has 0 N–H and O–H groups in total. The van der Waals surface area contributed by atoms with E-state index in [4.69, 9.17) is 14.2 Å². The molecular weight excluding hydrogens is 549 g/mol. The molecular formula is C33H43N2O4SSi+. The molecule has 0 bridgehead atoms. The van der Waals surface area contributed by atoms with E-state index >= 15 is 0 Å². The number of hydrogen-bond acceptors (Lipinski definition) is 6. The highest BCUT2D eigenvalue weighted by molar-refractivity contribution is 7.99. The number of nitrogens with zero attached hydrogens (tertiary/aromatic N) is 2. The van der Waals surface area contributed by atoms with Gasteiger partial charge < -0.3 is 19.1 Å². The molecule has 41 heavy (non-hydrogen) atoms. The number of allylic oxidation sites excluding steroid dienone is 5. The zero-order valence-corrected chi connectivity index (χ0v) is 27.5. The first-order valence-corrected chi connectivity index (χ1v) is 18.0. The van der Waals surface area contributed by atoms with Crippen LogP contribution in [-0.4, -0.2) is 84.9 Å². The minimum absolute atomic E-state index is 0.134. The second-order valence-corrected chi connectivity index (χ2v) is 16.3. The minimum atomic E-state index is -2.24. The van der Waals surface area contributed by atoms with Gasteiger partial charge in [-0.05, 0) is 77.0 Å². The van der Waals surface area contributed by atoms with Gasteiger partial charge in [-0.25, -0.2) is 4.58 Å². The van der Waals surface area contributed by atoms with Crippen molar-refractivity contribution in [1.29, 1.82) is 0 Å². The Bertz CT molecular complexity index is 1420. The molecule has 0 aromatic heterocycles. The average molecular weight is 592 g/mol. The van der Waals surface area contributed by atoms with E-state index in [2.05, 4.69) is 80.6 Å². The maximum absolute atomic E-state index is 11.9. The number of anilines is 1. The van der Waals surface area contributed by atoms with E-state index in [1.165, 1.54) is 32.9 Å². The second kappa shape index (κ2) is 13.2. The van der Waals surface area contributed by atoms with Crippen LogP contribution in [0.25, 0.3) is 5.57 Å². The Morgan fingerprint density at radius 2 is 1.76 bits per heavy atom. The van der Waals surface area contributed by atoms with Crippen molar-refractivity contribution in [3.8, 4) is 11.5 Å². The molecule has 1 unspecified atom stereocenters. The molecule has 8 heteroatoms. The minimum Gasteiger partial charge on any atom is -0.496 e. The molecule has 0 saturated carbocycles. The van der Waals surface area contributed by atoms with E-state index in [1.807, 2.05) is 25.1 Å². The van der Waals surface area contributed by atoms with E-state index in [9.17, 15) is 4.79 Å². The van der Waals surface area contributed by atoms with Gasteiger partial charge in [-0.2, -0.15) is 11.8 Å². The van der Waals surface area contributed by atoms with Gasteiger partial charge in [-0.15, -0.1) is 0 Å². The summed E-state index contributed by atoms with van der Waals surface area (Å²) in [4.78, 5) is 14.1. The van der Waals surface area contributed by atoms with Crippen LogP contribution in [0.3, 0.4) is 0 Å². The summed E-state index contributed by atoms with van der Waals surface area (Å²) in [6.45, 7) is 4.79.